The summed E-state index contributed by atoms with van der Waals surface area (Å²) in [5.74, 6) is 0.489. The fourth-order valence-corrected chi connectivity index (χ4v) is 4.97. The Morgan fingerprint density at radius 3 is 2.54 bits per heavy atom. The minimum Gasteiger partial charge on any atom is -0.497 e. The summed E-state index contributed by atoms with van der Waals surface area (Å²) >= 11 is 6.07. The van der Waals surface area contributed by atoms with Gasteiger partial charge >= 0.3 is 0 Å². The van der Waals surface area contributed by atoms with Gasteiger partial charge in [-0.15, -0.1) is 0 Å². The number of benzene rings is 2. The van der Waals surface area contributed by atoms with Crippen molar-refractivity contribution in [2.24, 2.45) is 0 Å². The molecule has 3 heterocycles. The highest BCUT2D eigenvalue weighted by atomic mass is 35.5. The molecule has 10 heteroatoms. The Labute approximate surface area is 219 Å². The summed E-state index contributed by atoms with van der Waals surface area (Å²) < 4.78 is 11.2. The number of rotatable bonds is 7. The van der Waals surface area contributed by atoms with Crippen LogP contribution in [-0.2, 0) is 11.3 Å². The molecule has 1 amide bonds. The molecule has 0 bridgehead atoms. The van der Waals surface area contributed by atoms with Crippen molar-refractivity contribution in [1.29, 1.82) is 0 Å². The van der Waals surface area contributed by atoms with Crippen LogP contribution in [0.2, 0.25) is 5.02 Å². The van der Waals surface area contributed by atoms with Crippen molar-refractivity contribution in [2.75, 3.05) is 33.3 Å². The second-order valence-electron chi connectivity index (χ2n) is 9.21. The van der Waals surface area contributed by atoms with Gasteiger partial charge in [0.2, 0.25) is 11.8 Å². The lowest BCUT2D eigenvalue weighted by Gasteiger charge is -2.33. The quantitative estimate of drug-likeness (QED) is 0.363. The van der Waals surface area contributed by atoms with Crippen LogP contribution in [0.4, 0.5) is 0 Å². The number of nitrogens with zero attached hydrogens (tertiary/aromatic N) is 4. The number of ether oxygens (including phenoxy) is 1. The number of Topliss-reactive ketones (excluding diaryl/α,β-unsaturated/α-hetero) is 1. The zero-order valence-electron chi connectivity index (χ0n) is 21.0. The number of ketones is 1. The minimum absolute atomic E-state index is 0.0794. The molecule has 5 rings (SSSR count). The standard InChI is InChI=1S/C27H28ClN5O4/c1-16-24(21-14-20(36-3)8-9-22(21)29-16)25(26(35)18-4-6-19(28)7-5-18)27-30-23(31-37-27)15-32-10-12-33(13-11-32)17(2)34/h4-9,14,25,29H,10-13,15H2,1-3H3. The molecule has 1 atom stereocenters. The van der Waals surface area contributed by atoms with Crippen LogP contribution >= 0.6 is 11.6 Å². The van der Waals surface area contributed by atoms with E-state index in [1.807, 2.05) is 30.0 Å². The van der Waals surface area contributed by atoms with Crippen LogP contribution in [0.3, 0.4) is 0 Å². The lowest BCUT2D eigenvalue weighted by Crippen LogP contribution is -2.47. The number of aryl methyl sites for hydroxylation is 1. The molecule has 2 aromatic heterocycles. The van der Waals surface area contributed by atoms with Gasteiger partial charge in [0.05, 0.1) is 13.7 Å². The Balaban J connectivity index is 1.51. The van der Waals surface area contributed by atoms with E-state index >= 15 is 0 Å². The van der Waals surface area contributed by atoms with E-state index in [9.17, 15) is 9.59 Å². The van der Waals surface area contributed by atoms with Crippen molar-refractivity contribution >= 4 is 34.2 Å². The number of piperazine rings is 1. The third kappa shape index (κ3) is 5.10. The predicted molar refractivity (Wildman–Crippen MR) is 139 cm³/mol. The van der Waals surface area contributed by atoms with Crippen LogP contribution in [0, 0.1) is 6.92 Å². The molecule has 9 nitrogen and oxygen atoms in total. The maximum atomic E-state index is 13.9. The molecule has 0 radical (unpaired) electrons. The largest absolute Gasteiger partial charge is 0.497 e. The van der Waals surface area contributed by atoms with E-state index < -0.39 is 5.92 Å². The smallest absolute Gasteiger partial charge is 0.242 e. The first-order valence-corrected chi connectivity index (χ1v) is 12.5. The highest BCUT2D eigenvalue weighted by Gasteiger charge is 2.34. The zero-order valence-corrected chi connectivity index (χ0v) is 21.7. The maximum absolute atomic E-state index is 13.9. The topological polar surface area (TPSA) is 105 Å². The molecule has 0 aliphatic carbocycles. The molecule has 1 unspecified atom stereocenters. The number of hydrogen-bond acceptors (Lipinski definition) is 7. The molecule has 1 fully saturated rings. The number of halogens is 1. The summed E-state index contributed by atoms with van der Waals surface area (Å²) in [6.07, 6.45) is 0. The number of hydrogen-bond donors (Lipinski definition) is 1. The van der Waals surface area contributed by atoms with Crippen molar-refractivity contribution < 1.29 is 18.8 Å². The SMILES string of the molecule is COc1ccc2[nH]c(C)c(C(C(=O)c3ccc(Cl)cc3)c3nc(CN4CCN(C(C)=O)CC4)no3)c2c1. The number of methoxy groups -OCH3 is 1. The summed E-state index contributed by atoms with van der Waals surface area (Å²) in [5.41, 5.74) is 2.96. The van der Waals surface area contributed by atoms with E-state index in [1.54, 1.807) is 38.3 Å². The normalized spacial score (nSPS) is 15.2. The average Bonchev–Trinajstić information content (AvgIpc) is 3.48. The minimum atomic E-state index is -0.821. The van der Waals surface area contributed by atoms with Gasteiger partial charge in [-0.3, -0.25) is 14.5 Å². The van der Waals surface area contributed by atoms with Gasteiger partial charge in [-0.1, -0.05) is 16.8 Å². The molecule has 4 aromatic rings. The predicted octanol–water partition coefficient (Wildman–Crippen LogP) is 4.20. The number of carbonyl (C=O) groups is 2. The van der Waals surface area contributed by atoms with E-state index in [0.29, 0.717) is 41.8 Å². The summed E-state index contributed by atoms with van der Waals surface area (Å²) in [6.45, 7) is 6.74. The van der Waals surface area contributed by atoms with Crippen LogP contribution in [0.25, 0.3) is 10.9 Å². The summed E-state index contributed by atoms with van der Waals surface area (Å²) in [6, 6.07) is 12.5. The number of nitrogens with one attached hydrogen (secondary N) is 1. The van der Waals surface area contributed by atoms with E-state index in [-0.39, 0.29) is 17.6 Å². The Morgan fingerprint density at radius 2 is 1.86 bits per heavy atom. The number of aromatic nitrogens is 3. The molecule has 1 N–H and O–H groups in total. The molecule has 1 saturated heterocycles. The fraction of sp³-hybridized carbons (Fsp3) is 0.333. The van der Waals surface area contributed by atoms with Gasteiger partial charge in [-0.25, -0.2) is 0 Å². The van der Waals surface area contributed by atoms with Gasteiger partial charge in [-0.2, -0.15) is 4.98 Å². The second-order valence-corrected chi connectivity index (χ2v) is 9.65. The Hall–Kier alpha value is -3.69. The van der Waals surface area contributed by atoms with E-state index in [0.717, 1.165) is 35.2 Å². The van der Waals surface area contributed by atoms with E-state index in [2.05, 4.69) is 20.0 Å². The maximum Gasteiger partial charge on any atom is 0.242 e. The van der Waals surface area contributed by atoms with Gasteiger partial charge in [0, 0.05) is 65.8 Å². The third-order valence-corrected chi connectivity index (χ3v) is 7.09. The first kappa shape index (κ1) is 25.0. The molecule has 37 heavy (non-hydrogen) atoms. The Kier molecular flexibility index (Phi) is 6.99. The van der Waals surface area contributed by atoms with Gasteiger partial charge in [0.1, 0.15) is 11.7 Å². The van der Waals surface area contributed by atoms with Crippen molar-refractivity contribution in [2.45, 2.75) is 26.3 Å². The second kappa shape index (κ2) is 10.4. The average molecular weight is 522 g/mol. The van der Waals surface area contributed by atoms with Crippen LogP contribution in [0.5, 0.6) is 5.75 Å². The highest BCUT2D eigenvalue weighted by Crippen LogP contribution is 2.37. The number of H-pyrrole nitrogens is 1. The molecular weight excluding hydrogens is 494 g/mol. The number of carbonyl (C=O) groups excluding carboxylic acids is 2. The lowest BCUT2D eigenvalue weighted by atomic mass is 9.88. The van der Waals surface area contributed by atoms with Crippen LogP contribution in [0.15, 0.2) is 47.0 Å². The van der Waals surface area contributed by atoms with Gasteiger partial charge in [0.25, 0.3) is 0 Å². The fourth-order valence-electron chi connectivity index (χ4n) is 4.84. The number of fused-ring (bicyclic) bond motifs is 1. The molecule has 1 aliphatic heterocycles. The van der Waals surface area contributed by atoms with Crippen molar-refractivity contribution in [3.05, 3.63) is 76.0 Å². The van der Waals surface area contributed by atoms with E-state index in [1.165, 1.54) is 0 Å². The Bertz CT molecular complexity index is 1440. The molecule has 1 aliphatic rings. The van der Waals surface area contributed by atoms with Crippen LogP contribution in [0.1, 0.15) is 46.2 Å². The molecule has 192 valence electrons. The summed E-state index contributed by atoms with van der Waals surface area (Å²) in [7, 11) is 1.61. The zero-order chi connectivity index (χ0) is 26.1. The first-order chi connectivity index (χ1) is 17.8. The molecule has 0 spiro atoms. The molecule has 0 saturated carbocycles. The highest BCUT2D eigenvalue weighted by molar-refractivity contribution is 6.30. The summed E-state index contributed by atoms with van der Waals surface area (Å²) in [5, 5.41) is 5.61. The van der Waals surface area contributed by atoms with Gasteiger partial charge < -0.3 is 19.1 Å². The monoisotopic (exact) mass is 521 g/mol. The van der Waals surface area contributed by atoms with Crippen molar-refractivity contribution in [3.63, 3.8) is 0 Å². The van der Waals surface area contributed by atoms with Crippen LogP contribution in [-0.4, -0.2) is 69.9 Å². The first-order valence-electron chi connectivity index (χ1n) is 12.1. The van der Waals surface area contributed by atoms with E-state index in [4.69, 9.17) is 20.9 Å². The third-order valence-electron chi connectivity index (χ3n) is 6.84. The van der Waals surface area contributed by atoms with Gasteiger partial charge in [-0.05, 0) is 49.4 Å². The Morgan fingerprint density at radius 1 is 1.14 bits per heavy atom. The van der Waals surface area contributed by atoms with Crippen LogP contribution < -0.4 is 4.74 Å². The lowest BCUT2D eigenvalue weighted by molar-refractivity contribution is -0.130. The number of aromatic amines is 1. The number of amides is 1. The molecular formula is C27H28ClN5O4. The van der Waals surface area contributed by atoms with Crippen molar-refractivity contribution in [3.8, 4) is 5.75 Å². The van der Waals surface area contributed by atoms with Gasteiger partial charge in [0.15, 0.2) is 11.6 Å². The van der Waals surface area contributed by atoms with Crippen molar-refractivity contribution in [1.82, 2.24) is 24.9 Å². The summed E-state index contributed by atoms with van der Waals surface area (Å²) in [4.78, 5) is 37.6. The molecule has 2 aromatic carbocycles.